The van der Waals surface area contributed by atoms with Gasteiger partial charge in [0.05, 0.1) is 7.11 Å². The molecule has 0 atom stereocenters. The van der Waals surface area contributed by atoms with Crippen molar-refractivity contribution in [1.29, 1.82) is 5.41 Å². The smallest absolute Gasteiger partial charge is 0.129 e. The quantitative estimate of drug-likeness (QED) is 0.691. The second kappa shape index (κ2) is 8.33. The van der Waals surface area contributed by atoms with Crippen LogP contribution in [0.3, 0.4) is 0 Å². The average Bonchev–Trinajstić information content (AvgIpc) is 2.54. The third-order valence-electron chi connectivity index (χ3n) is 3.75. The third-order valence-corrected chi connectivity index (χ3v) is 3.75. The SMILES string of the molecule is COc1c(CC(C)C)cccc1-c1cccc(C/C=C\C=N)c1. The summed E-state index contributed by atoms with van der Waals surface area (Å²) in [4.78, 5) is 0. The number of nitrogens with one attached hydrogen (secondary N) is 1. The standard InChI is InChI=1S/C21H25NO/c1-16(2)14-19-11-7-12-20(21(19)23-3)18-10-6-9-17(15-18)8-4-5-13-22/h4-7,9-13,15-16,22H,8,14H2,1-3H3/b5-4-,22-13?. The number of hydrogen-bond acceptors (Lipinski definition) is 2. The number of rotatable bonds is 7. The lowest BCUT2D eigenvalue weighted by molar-refractivity contribution is 0.408. The lowest BCUT2D eigenvalue weighted by Gasteiger charge is -2.15. The first-order chi connectivity index (χ1) is 11.2. The molecule has 0 bridgehead atoms. The van der Waals surface area contributed by atoms with E-state index in [4.69, 9.17) is 10.1 Å². The molecule has 0 saturated heterocycles. The van der Waals surface area contributed by atoms with Crippen molar-refractivity contribution in [1.82, 2.24) is 0 Å². The third kappa shape index (κ3) is 4.56. The van der Waals surface area contributed by atoms with Crippen LogP contribution in [0.5, 0.6) is 5.75 Å². The molecule has 23 heavy (non-hydrogen) atoms. The number of allylic oxidation sites excluding steroid dienone is 2. The van der Waals surface area contributed by atoms with Gasteiger partial charge in [0, 0.05) is 11.8 Å². The maximum atomic E-state index is 7.05. The Balaban J connectivity index is 2.39. The Kier molecular flexibility index (Phi) is 6.16. The second-order valence-corrected chi connectivity index (χ2v) is 6.10. The molecule has 0 amide bonds. The van der Waals surface area contributed by atoms with Crippen LogP contribution in [0.4, 0.5) is 0 Å². The minimum atomic E-state index is 0.594. The molecule has 0 aromatic heterocycles. The zero-order chi connectivity index (χ0) is 16.7. The van der Waals surface area contributed by atoms with Gasteiger partial charge in [-0.1, -0.05) is 62.4 Å². The van der Waals surface area contributed by atoms with Crippen molar-refractivity contribution in [3.05, 3.63) is 65.7 Å². The fraction of sp³-hybridized carbons (Fsp3) is 0.286. The first-order valence-electron chi connectivity index (χ1n) is 8.06. The Labute approximate surface area is 139 Å². The van der Waals surface area contributed by atoms with Crippen molar-refractivity contribution in [2.75, 3.05) is 7.11 Å². The first kappa shape index (κ1) is 17.0. The molecular formula is C21H25NO. The number of hydrogen-bond donors (Lipinski definition) is 1. The summed E-state index contributed by atoms with van der Waals surface area (Å²) in [5.74, 6) is 1.57. The first-order valence-corrected chi connectivity index (χ1v) is 8.06. The minimum absolute atomic E-state index is 0.594. The summed E-state index contributed by atoms with van der Waals surface area (Å²) in [6.45, 7) is 4.45. The molecule has 0 radical (unpaired) electrons. The molecule has 2 heteroatoms. The summed E-state index contributed by atoms with van der Waals surface area (Å²) in [5, 5.41) is 7.05. The van der Waals surface area contributed by atoms with Crippen molar-refractivity contribution in [3.63, 3.8) is 0 Å². The van der Waals surface area contributed by atoms with Crippen LogP contribution in [0.2, 0.25) is 0 Å². The fourth-order valence-corrected chi connectivity index (χ4v) is 2.79. The summed E-state index contributed by atoms with van der Waals surface area (Å²) < 4.78 is 5.73. The maximum absolute atomic E-state index is 7.05. The van der Waals surface area contributed by atoms with Crippen LogP contribution in [0.15, 0.2) is 54.6 Å². The number of para-hydroxylation sites is 1. The normalized spacial score (nSPS) is 11.1. The highest BCUT2D eigenvalue weighted by Gasteiger charge is 2.12. The molecule has 0 fully saturated rings. The van der Waals surface area contributed by atoms with Crippen molar-refractivity contribution in [3.8, 4) is 16.9 Å². The van der Waals surface area contributed by atoms with Gasteiger partial charge in [-0.2, -0.15) is 0 Å². The van der Waals surface area contributed by atoms with Gasteiger partial charge in [0.25, 0.3) is 0 Å². The Morgan fingerprint density at radius 3 is 2.61 bits per heavy atom. The maximum Gasteiger partial charge on any atom is 0.129 e. The summed E-state index contributed by atoms with van der Waals surface area (Å²) in [5.41, 5.74) is 4.81. The topological polar surface area (TPSA) is 33.1 Å². The van der Waals surface area contributed by atoms with Gasteiger partial charge in [-0.15, -0.1) is 0 Å². The lowest BCUT2D eigenvalue weighted by Crippen LogP contribution is -1.99. The highest BCUT2D eigenvalue weighted by Crippen LogP contribution is 2.34. The van der Waals surface area contributed by atoms with E-state index in [-0.39, 0.29) is 0 Å². The van der Waals surface area contributed by atoms with E-state index in [9.17, 15) is 0 Å². The molecule has 2 nitrogen and oxygen atoms in total. The van der Waals surface area contributed by atoms with Gasteiger partial charge >= 0.3 is 0 Å². The van der Waals surface area contributed by atoms with E-state index in [1.54, 1.807) is 13.2 Å². The van der Waals surface area contributed by atoms with Gasteiger partial charge in [-0.25, -0.2) is 0 Å². The molecule has 0 aliphatic heterocycles. The summed E-state index contributed by atoms with van der Waals surface area (Å²) >= 11 is 0. The zero-order valence-corrected chi connectivity index (χ0v) is 14.2. The van der Waals surface area contributed by atoms with Crippen LogP contribution in [-0.4, -0.2) is 13.3 Å². The number of ether oxygens (including phenoxy) is 1. The molecule has 120 valence electrons. The molecule has 2 aromatic rings. The molecule has 1 N–H and O–H groups in total. The van der Waals surface area contributed by atoms with E-state index in [1.165, 1.54) is 22.9 Å². The highest BCUT2D eigenvalue weighted by atomic mass is 16.5. The molecule has 0 aliphatic carbocycles. The van der Waals surface area contributed by atoms with Crippen molar-refractivity contribution in [2.45, 2.75) is 26.7 Å². The summed E-state index contributed by atoms with van der Waals surface area (Å²) in [6, 6.07) is 14.9. The highest BCUT2D eigenvalue weighted by molar-refractivity contribution is 5.73. The monoisotopic (exact) mass is 307 g/mol. The summed E-state index contributed by atoms with van der Waals surface area (Å²) in [6.07, 6.45) is 6.91. The minimum Gasteiger partial charge on any atom is -0.496 e. The lowest BCUT2D eigenvalue weighted by atomic mass is 9.95. The predicted octanol–water partition coefficient (Wildman–Crippen LogP) is 5.31. The van der Waals surface area contributed by atoms with Crippen LogP contribution < -0.4 is 4.74 Å². The Bertz CT molecular complexity index is 686. The van der Waals surface area contributed by atoms with Crippen LogP contribution in [0.25, 0.3) is 11.1 Å². The van der Waals surface area contributed by atoms with E-state index < -0.39 is 0 Å². The zero-order valence-electron chi connectivity index (χ0n) is 14.2. The molecule has 0 heterocycles. The van der Waals surface area contributed by atoms with Crippen LogP contribution >= 0.6 is 0 Å². The van der Waals surface area contributed by atoms with Gasteiger partial charge < -0.3 is 10.1 Å². The van der Waals surface area contributed by atoms with Crippen LogP contribution in [0, 0.1) is 11.3 Å². The van der Waals surface area contributed by atoms with Crippen molar-refractivity contribution >= 4 is 6.21 Å². The second-order valence-electron chi connectivity index (χ2n) is 6.10. The Hall–Kier alpha value is -2.35. The van der Waals surface area contributed by atoms with E-state index in [2.05, 4.69) is 56.3 Å². The molecule has 0 saturated carbocycles. The van der Waals surface area contributed by atoms with Crippen molar-refractivity contribution < 1.29 is 4.74 Å². The number of benzene rings is 2. The van der Waals surface area contributed by atoms with Crippen molar-refractivity contribution in [2.24, 2.45) is 5.92 Å². The van der Waals surface area contributed by atoms with E-state index in [0.717, 1.165) is 24.2 Å². The molecule has 0 unspecified atom stereocenters. The van der Waals surface area contributed by atoms with Gasteiger partial charge in [-0.3, -0.25) is 0 Å². The van der Waals surface area contributed by atoms with Gasteiger partial charge in [0.2, 0.25) is 0 Å². The molecule has 0 spiro atoms. The molecule has 0 aliphatic rings. The predicted molar refractivity (Wildman–Crippen MR) is 98.6 cm³/mol. The Morgan fingerprint density at radius 2 is 1.91 bits per heavy atom. The molecule has 2 rings (SSSR count). The van der Waals surface area contributed by atoms with Gasteiger partial charge in [-0.05, 0) is 41.5 Å². The fourth-order valence-electron chi connectivity index (χ4n) is 2.79. The van der Waals surface area contributed by atoms with Crippen LogP contribution in [0.1, 0.15) is 25.0 Å². The Morgan fingerprint density at radius 1 is 1.13 bits per heavy atom. The largest absolute Gasteiger partial charge is 0.496 e. The average molecular weight is 307 g/mol. The van der Waals surface area contributed by atoms with E-state index >= 15 is 0 Å². The molecule has 2 aromatic carbocycles. The summed E-state index contributed by atoms with van der Waals surface area (Å²) in [7, 11) is 1.75. The number of methoxy groups -OCH3 is 1. The van der Waals surface area contributed by atoms with Crippen LogP contribution in [-0.2, 0) is 12.8 Å². The van der Waals surface area contributed by atoms with Gasteiger partial charge in [0.1, 0.15) is 5.75 Å². The molecular weight excluding hydrogens is 282 g/mol. The van der Waals surface area contributed by atoms with Gasteiger partial charge in [0.15, 0.2) is 0 Å². The van der Waals surface area contributed by atoms with E-state index in [1.807, 2.05) is 6.08 Å². The van der Waals surface area contributed by atoms with E-state index in [0.29, 0.717) is 5.92 Å².